The third kappa shape index (κ3) is 3.47. The number of ether oxygens (including phenoxy) is 1. The van der Waals surface area contributed by atoms with Gasteiger partial charge in [-0.25, -0.2) is 9.97 Å². The van der Waals surface area contributed by atoms with E-state index in [0.29, 0.717) is 18.7 Å². The zero-order valence-corrected chi connectivity index (χ0v) is 8.85. The Kier molecular flexibility index (Phi) is 3.91. The lowest BCUT2D eigenvalue weighted by atomic mass is 10.0. The van der Waals surface area contributed by atoms with Crippen molar-refractivity contribution in [1.82, 2.24) is 15.3 Å². The largest absolute Gasteiger partial charge is 0.463 e. The summed E-state index contributed by atoms with van der Waals surface area (Å²) in [5, 5.41) is 3.48. The molecule has 0 unspecified atom stereocenters. The van der Waals surface area contributed by atoms with Crippen molar-refractivity contribution in [3.8, 4) is 6.01 Å². The predicted octanol–water partition coefficient (Wildman–Crippen LogP) is 1.39. The first kappa shape index (κ1) is 10.4. The summed E-state index contributed by atoms with van der Waals surface area (Å²) in [6, 6.07) is 2.88. The van der Waals surface area contributed by atoms with Gasteiger partial charge in [0.05, 0.1) is 6.61 Å². The molecule has 2 rings (SSSR count). The second-order valence-electron chi connectivity index (χ2n) is 3.82. The number of rotatable bonds is 4. The highest BCUT2D eigenvalue weighted by Gasteiger charge is 2.12. The number of nitrogens with one attached hydrogen (secondary N) is 1. The lowest BCUT2D eigenvalue weighted by molar-refractivity contribution is 0.252. The fraction of sp³-hybridized carbons (Fsp3) is 0.636. The Balaban J connectivity index is 1.66. The molecule has 0 spiro atoms. The second-order valence-corrected chi connectivity index (χ2v) is 3.82. The van der Waals surface area contributed by atoms with Crippen LogP contribution in [0, 0.1) is 0 Å². The molecule has 0 radical (unpaired) electrons. The van der Waals surface area contributed by atoms with Crippen LogP contribution in [0.1, 0.15) is 25.7 Å². The van der Waals surface area contributed by atoms with Crippen LogP contribution in [0.2, 0.25) is 0 Å². The monoisotopic (exact) mass is 207 g/mol. The maximum atomic E-state index is 5.45. The van der Waals surface area contributed by atoms with Gasteiger partial charge in [0.1, 0.15) is 0 Å². The number of hydrogen-bond donors (Lipinski definition) is 1. The van der Waals surface area contributed by atoms with Gasteiger partial charge in [-0.1, -0.05) is 6.42 Å². The molecule has 4 nitrogen and oxygen atoms in total. The summed E-state index contributed by atoms with van der Waals surface area (Å²) in [6.45, 7) is 1.84. The fourth-order valence-corrected chi connectivity index (χ4v) is 1.82. The molecular formula is C11H17N3O. The summed E-state index contributed by atoms with van der Waals surface area (Å²) in [6.07, 6.45) is 8.33. The van der Waals surface area contributed by atoms with Crippen molar-refractivity contribution in [2.45, 2.75) is 31.7 Å². The van der Waals surface area contributed by atoms with Crippen LogP contribution in [0.3, 0.4) is 0 Å². The van der Waals surface area contributed by atoms with Gasteiger partial charge in [0.2, 0.25) is 0 Å². The Morgan fingerprint density at radius 3 is 2.93 bits per heavy atom. The highest BCUT2D eigenvalue weighted by molar-refractivity contribution is 4.93. The van der Waals surface area contributed by atoms with E-state index in [1.807, 2.05) is 0 Å². The lowest BCUT2D eigenvalue weighted by Gasteiger charge is -2.22. The average molecular weight is 207 g/mol. The van der Waals surface area contributed by atoms with Crippen LogP contribution in [-0.2, 0) is 0 Å². The molecule has 0 amide bonds. The van der Waals surface area contributed by atoms with Gasteiger partial charge in [-0.3, -0.25) is 0 Å². The van der Waals surface area contributed by atoms with Gasteiger partial charge < -0.3 is 10.1 Å². The maximum Gasteiger partial charge on any atom is 0.316 e. The molecule has 1 atom stereocenters. The molecule has 1 N–H and O–H groups in total. The molecule has 2 heterocycles. The van der Waals surface area contributed by atoms with Crippen LogP contribution in [0.15, 0.2) is 18.5 Å². The summed E-state index contributed by atoms with van der Waals surface area (Å²) >= 11 is 0. The van der Waals surface area contributed by atoms with Gasteiger partial charge >= 0.3 is 6.01 Å². The van der Waals surface area contributed by atoms with E-state index in [2.05, 4.69) is 15.3 Å². The summed E-state index contributed by atoms with van der Waals surface area (Å²) < 4.78 is 5.45. The van der Waals surface area contributed by atoms with Gasteiger partial charge in [-0.05, 0) is 31.9 Å². The molecule has 1 aromatic rings. The van der Waals surface area contributed by atoms with Crippen LogP contribution < -0.4 is 10.1 Å². The lowest BCUT2D eigenvalue weighted by Crippen LogP contribution is -2.35. The zero-order valence-electron chi connectivity index (χ0n) is 8.85. The van der Waals surface area contributed by atoms with E-state index in [-0.39, 0.29) is 0 Å². The minimum Gasteiger partial charge on any atom is -0.463 e. The summed E-state index contributed by atoms with van der Waals surface area (Å²) in [7, 11) is 0. The van der Waals surface area contributed by atoms with Gasteiger partial charge in [-0.2, -0.15) is 0 Å². The molecular weight excluding hydrogens is 190 g/mol. The van der Waals surface area contributed by atoms with Crippen LogP contribution in [0.25, 0.3) is 0 Å². The summed E-state index contributed by atoms with van der Waals surface area (Å²) in [5.74, 6) is 0. The van der Waals surface area contributed by atoms with Gasteiger partial charge in [0, 0.05) is 18.4 Å². The van der Waals surface area contributed by atoms with Crippen LogP contribution in [0.4, 0.5) is 0 Å². The third-order valence-electron chi connectivity index (χ3n) is 2.65. The van der Waals surface area contributed by atoms with Gasteiger partial charge in [0.25, 0.3) is 0 Å². The van der Waals surface area contributed by atoms with Crippen LogP contribution >= 0.6 is 0 Å². The Bertz CT molecular complexity index is 272. The maximum absolute atomic E-state index is 5.45. The highest BCUT2D eigenvalue weighted by atomic mass is 16.5. The molecule has 82 valence electrons. The fourth-order valence-electron chi connectivity index (χ4n) is 1.82. The Morgan fingerprint density at radius 1 is 1.33 bits per heavy atom. The second kappa shape index (κ2) is 5.66. The third-order valence-corrected chi connectivity index (χ3v) is 2.65. The standard InChI is InChI=1S/C11H17N3O/c1-2-6-12-10(4-1)5-9-15-11-13-7-3-8-14-11/h3,7-8,10,12H,1-2,4-6,9H2/t10-/m1/s1. The normalized spacial score (nSPS) is 21.2. The van der Waals surface area contributed by atoms with Crippen molar-refractivity contribution in [3.05, 3.63) is 18.5 Å². The van der Waals surface area contributed by atoms with Crippen molar-refractivity contribution in [3.63, 3.8) is 0 Å². The van der Waals surface area contributed by atoms with E-state index >= 15 is 0 Å². The van der Waals surface area contributed by atoms with Crippen molar-refractivity contribution >= 4 is 0 Å². The summed E-state index contributed by atoms with van der Waals surface area (Å²) in [5.41, 5.74) is 0. The molecule has 1 saturated heterocycles. The summed E-state index contributed by atoms with van der Waals surface area (Å²) in [4.78, 5) is 8.02. The van der Waals surface area contributed by atoms with E-state index in [0.717, 1.165) is 13.0 Å². The first-order valence-electron chi connectivity index (χ1n) is 5.58. The van der Waals surface area contributed by atoms with Crippen molar-refractivity contribution in [2.75, 3.05) is 13.2 Å². The number of hydrogen-bond acceptors (Lipinski definition) is 4. The molecule has 0 aliphatic carbocycles. The SMILES string of the molecule is c1cnc(OCC[C@H]2CCCCN2)nc1. The Hall–Kier alpha value is -1.16. The molecule has 0 saturated carbocycles. The zero-order chi connectivity index (χ0) is 10.3. The van der Waals surface area contributed by atoms with Crippen molar-refractivity contribution in [1.29, 1.82) is 0 Å². The first-order chi connectivity index (χ1) is 7.45. The minimum absolute atomic E-state index is 0.480. The van der Waals surface area contributed by atoms with Crippen LogP contribution in [-0.4, -0.2) is 29.2 Å². The molecule has 1 aromatic heterocycles. The van der Waals surface area contributed by atoms with Crippen molar-refractivity contribution < 1.29 is 4.74 Å². The highest BCUT2D eigenvalue weighted by Crippen LogP contribution is 2.10. The van der Waals surface area contributed by atoms with E-state index in [4.69, 9.17) is 4.74 Å². The average Bonchev–Trinajstić information content (AvgIpc) is 2.32. The molecule has 4 heteroatoms. The molecule has 1 fully saturated rings. The number of nitrogens with zero attached hydrogens (tertiary/aromatic N) is 2. The van der Waals surface area contributed by atoms with Crippen molar-refractivity contribution in [2.24, 2.45) is 0 Å². The molecule has 1 aliphatic heterocycles. The molecule has 0 aromatic carbocycles. The van der Waals surface area contributed by atoms with Gasteiger partial charge in [0.15, 0.2) is 0 Å². The quantitative estimate of drug-likeness (QED) is 0.810. The Labute approximate surface area is 90.1 Å². The van der Waals surface area contributed by atoms with Crippen LogP contribution in [0.5, 0.6) is 6.01 Å². The van der Waals surface area contributed by atoms with E-state index < -0.39 is 0 Å². The first-order valence-corrected chi connectivity index (χ1v) is 5.58. The smallest absolute Gasteiger partial charge is 0.316 e. The number of aromatic nitrogens is 2. The molecule has 0 bridgehead atoms. The Morgan fingerprint density at radius 2 is 2.20 bits per heavy atom. The van der Waals surface area contributed by atoms with E-state index in [9.17, 15) is 0 Å². The minimum atomic E-state index is 0.480. The van der Waals surface area contributed by atoms with E-state index in [1.165, 1.54) is 19.3 Å². The predicted molar refractivity (Wildman–Crippen MR) is 57.8 cm³/mol. The molecule has 1 aliphatic rings. The van der Waals surface area contributed by atoms with Gasteiger partial charge in [-0.15, -0.1) is 0 Å². The molecule has 15 heavy (non-hydrogen) atoms. The van der Waals surface area contributed by atoms with E-state index in [1.54, 1.807) is 18.5 Å². The topological polar surface area (TPSA) is 47.0 Å². The number of piperidine rings is 1.